The highest BCUT2D eigenvalue weighted by Gasteiger charge is 2.03. The van der Waals surface area contributed by atoms with Gasteiger partial charge >= 0.3 is 0 Å². The van der Waals surface area contributed by atoms with Crippen molar-refractivity contribution in [1.82, 2.24) is 9.55 Å². The smallest absolute Gasteiger partial charge is 0.261 e. The number of nitrogens with zero attached hydrogens (tertiary/aromatic N) is 2. The van der Waals surface area contributed by atoms with E-state index in [0.29, 0.717) is 17.6 Å². The molecule has 0 fully saturated rings. The van der Waals surface area contributed by atoms with Crippen molar-refractivity contribution in [3.8, 4) is 0 Å². The van der Waals surface area contributed by atoms with Gasteiger partial charge in [-0.3, -0.25) is 9.36 Å². The number of rotatable bonds is 2. The van der Waals surface area contributed by atoms with Crippen molar-refractivity contribution in [2.45, 2.75) is 6.54 Å². The second-order valence-corrected chi connectivity index (χ2v) is 4.44. The zero-order valence-electron chi connectivity index (χ0n) is 10.3. The van der Waals surface area contributed by atoms with Gasteiger partial charge in [-0.15, -0.1) is 0 Å². The third-order valence-electron chi connectivity index (χ3n) is 3.04. The van der Waals surface area contributed by atoms with Crippen LogP contribution in [0.25, 0.3) is 10.9 Å². The average Bonchev–Trinajstić information content (AvgIpc) is 2.42. The minimum Gasteiger partial charge on any atom is -0.399 e. The highest BCUT2D eigenvalue weighted by molar-refractivity contribution is 5.76. The van der Waals surface area contributed by atoms with Crippen LogP contribution in [0.15, 0.2) is 59.7 Å². The molecule has 0 bridgehead atoms. The van der Waals surface area contributed by atoms with Crippen molar-refractivity contribution in [1.29, 1.82) is 0 Å². The van der Waals surface area contributed by atoms with Gasteiger partial charge in [0.15, 0.2) is 0 Å². The van der Waals surface area contributed by atoms with Gasteiger partial charge in [-0.05, 0) is 29.8 Å². The molecule has 0 aliphatic rings. The Morgan fingerprint density at radius 2 is 1.95 bits per heavy atom. The van der Waals surface area contributed by atoms with Crippen LogP contribution >= 0.6 is 0 Å². The van der Waals surface area contributed by atoms with Crippen LogP contribution in [0.3, 0.4) is 0 Å². The maximum Gasteiger partial charge on any atom is 0.261 e. The van der Waals surface area contributed by atoms with Gasteiger partial charge in [0.2, 0.25) is 0 Å². The molecule has 2 aromatic carbocycles. The Labute approximate surface area is 110 Å². The van der Waals surface area contributed by atoms with Crippen LogP contribution in [-0.2, 0) is 6.54 Å². The lowest BCUT2D eigenvalue weighted by atomic mass is 10.2. The summed E-state index contributed by atoms with van der Waals surface area (Å²) in [6.45, 7) is 0.474. The second kappa shape index (κ2) is 4.57. The molecule has 0 saturated carbocycles. The molecule has 94 valence electrons. The molecule has 3 rings (SSSR count). The number of para-hydroxylation sites is 1. The first-order valence-electron chi connectivity index (χ1n) is 6.02. The molecule has 2 N–H and O–H groups in total. The van der Waals surface area contributed by atoms with Gasteiger partial charge in [0.05, 0.1) is 23.8 Å². The fourth-order valence-corrected chi connectivity index (χ4v) is 2.11. The lowest BCUT2D eigenvalue weighted by molar-refractivity contribution is 0.748. The highest BCUT2D eigenvalue weighted by Crippen LogP contribution is 2.09. The lowest BCUT2D eigenvalue weighted by Crippen LogP contribution is -2.21. The number of anilines is 1. The first kappa shape index (κ1) is 11.5. The van der Waals surface area contributed by atoms with Gasteiger partial charge in [-0.2, -0.15) is 0 Å². The van der Waals surface area contributed by atoms with Gasteiger partial charge in [-0.1, -0.05) is 24.3 Å². The normalized spacial score (nSPS) is 10.7. The SMILES string of the molecule is Nc1cccc(Cn2cnc3ccccc3c2=O)c1. The Balaban J connectivity index is 2.06. The average molecular weight is 251 g/mol. The summed E-state index contributed by atoms with van der Waals surface area (Å²) in [7, 11) is 0. The van der Waals surface area contributed by atoms with E-state index in [1.54, 1.807) is 17.0 Å². The van der Waals surface area contributed by atoms with Gasteiger partial charge < -0.3 is 5.73 Å². The molecule has 0 radical (unpaired) electrons. The molecule has 0 amide bonds. The third kappa shape index (κ3) is 2.20. The molecule has 0 unspecified atom stereocenters. The molecule has 0 atom stereocenters. The predicted molar refractivity (Wildman–Crippen MR) is 76.0 cm³/mol. The molecule has 4 nitrogen and oxygen atoms in total. The van der Waals surface area contributed by atoms with Gasteiger partial charge in [-0.25, -0.2) is 4.98 Å². The molecule has 4 heteroatoms. The number of benzene rings is 2. The highest BCUT2D eigenvalue weighted by atomic mass is 16.1. The van der Waals surface area contributed by atoms with Gasteiger partial charge in [0.1, 0.15) is 0 Å². The molecule has 1 aromatic heterocycles. The predicted octanol–water partition coefficient (Wildman–Crippen LogP) is 2.03. The number of nitrogen functional groups attached to an aromatic ring is 1. The summed E-state index contributed by atoms with van der Waals surface area (Å²) in [5.74, 6) is 0. The Kier molecular flexibility index (Phi) is 2.76. The quantitative estimate of drug-likeness (QED) is 0.709. The fraction of sp³-hybridized carbons (Fsp3) is 0.0667. The van der Waals surface area contributed by atoms with Gasteiger partial charge in [0.25, 0.3) is 5.56 Å². The summed E-state index contributed by atoms with van der Waals surface area (Å²) < 4.78 is 1.59. The van der Waals surface area contributed by atoms with E-state index in [1.165, 1.54) is 0 Å². The summed E-state index contributed by atoms with van der Waals surface area (Å²) >= 11 is 0. The van der Waals surface area contributed by atoms with E-state index in [-0.39, 0.29) is 5.56 Å². The largest absolute Gasteiger partial charge is 0.399 e. The number of hydrogen-bond donors (Lipinski definition) is 1. The van der Waals surface area contributed by atoms with Crippen LogP contribution in [-0.4, -0.2) is 9.55 Å². The van der Waals surface area contributed by atoms with E-state index in [9.17, 15) is 4.79 Å². The Bertz CT molecular complexity index is 792. The summed E-state index contributed by atoms with van der Waals surface area (Å²) in [6, 6.07) is 14.9. The molecule has 1 heterocycles. The number of hydrogen-bond acceptors (Lipinski definition) is 3. The maximum atomic E-state index is 12.3. The van der Waals surface area contributed by atoms with E-state index in [2.05, 4.69) is 4.98 Å². The zero-order valence-corrected chi connectivity index (χ0v) is 10.3. The Morgan fingerprint density at radius 3 is 2.79 bits per heavy atom. The van der Waals surface area contributed by atoms with Crippen LogP contribution in [0.2, 0.25) is 0 Å². The number of fused-ring (bicyclic) bond motifs is 1. The molecule has 0 saturated heterocycles. The molecule has 19 heavy (non-hydrogen) atoms. The van der Waals surface area contributed by atoms with Gasteiger partial charge in [0, 0.05) is 5.69 Å². The zero-order chi connectivity index (χ0) is 13.2. The maximum absolute atomic E-state index is 12.3. The minimum atomic E-state index is -0.0342. The van der Waals surface area contributed by atoms with Crippen LogP contribution in [0.5, 0.6) is 0 Å². The molecule has 0 aliphatic carbocycles. The molecule has 0 aliphatic heterocycles. The molecule has 0 spiro atoms. The standard InChI is InChI=1S/C15H13N3O/c16-12-5-3-4-11(8-12)9-18-10-17-14-7-2-1-6-13(14)15(18)19/h1-8,10H,9,16H2. The van der Waals surface area contributed by atoms with Crippen LogP contribution < -0.4 is 11.3 Å². The fourth-order valence-electron chi connectivity index (χ4n) is 2.11. The minimum absolute atomic E-state index is 0.0342. The lowest BCUT2D eigenvalue weighted by Gasteiger charge is -2.07. The van der Waals surface area contributed by atoms with Crippen molar-refractivity contribution >= 4 is 16.6 Å². The van der Waals surface area contributed by atoms with Crippen LogP contribution in [0.4, 0.5) is 5.69 Å². The van der Waals surface area contributed by atoms with E-state index in [0.717, 1.165) is 11.1 Å². The molecular weight excluding hydrogens is 238 g/mol. The Hall–Kier alpha value is -2.62. The third-order valence-corrected chi connectivity index (χ3v) is 3.04. The number of nitrogens with two attached hydrogens (primary N) is 1. The summed E-state index contributed by atoms with van der Waals surface area (Å²) in [6.07, 6.45) is 1.58. The monoisotopic (exact) mass is 251 g/mol. The van der Waals surface area contributed by atoms with Crippen molar-refractivity contribution in [2.75, 3.05) is 5.73 Å². The van der Waals surface area contributed by atoms with E-state index < -0.39 is 0 Å². The van der Waals surface area contributed by atoms with Crippen molar-refractivity contribution in [3.63, 3.8) is 0 Å². The van der Waals surface area contributed by atoms with E-state index >= 15 is 0 Å². The van der Waals surface area contributed by atoms with Crippen molar-refractivity contribution < 1.29 is 0 Å². The molecular formula is C15H13N3O. The number of aromatic nitrogens is 2. The summed E-state index contributed by atoms with van der Waals surface area (Å²) in [5.41, 5.74) is 8.10. The first-order valence-corrected chi connectivity index (χ1v) is 6.02. The second-order valence-electron chi connectivity index (χ2n) is 4.44. The van der Waals surface area contributed by atoms with Crippen molar-refractivity contribution in [2.24, 2.45) is 0 Å². The summed E-state index contributed by atoms with van der Waals surface area (Å²) in [4.78, 5) is 16.6. The summed E-state index contributed by atoms with van der Waals surface area (Å²) in [5, 5.41) is 0.633. The topological polar surface area (TPSA) is 60.9 Å². The van der Waals surface area contributed by atoms with E-state index in [4.69, 9.17) is 5.73 Å². The first-order chi connectivity index (χ1) is 9.24. The molecule has 3 aromatic rings. The van der Waals surface area contributed by atoms with E-state index in [1.807, 2.05) is 42.5 Å². The Morgan fingerprint density at radius 1 is 1.11 bits per heavy atom. The van der Waals surface area contributed by atoms with Crippen LogP contribution in [0.1, 0.15) is 5.56 Å². The van der Waals surface area contributed by atoms with Crippen molar-refractivity contribution in [3.05, 3.63) is 70.8 Å². The van der Waals surface area contributed by atoms with Crippen LogP contribution in [0, 0.1) is 0 Å².